The molecule has 1 aromatic rings. The number of urea groups is 1. The Morgan fingerprint density at radius 3 is 2.64 bits per heavy atom. The molecule has 2 fully saturated rings. The second kappa shape index (κ2) is 5.81. The predicted octanol–water partition coefficient (Wildman–Crippen LogP) is 2.26. The van der Waals surface area contributed by atoms with E-state index in [2.05, 4.69) is 17.2 Å². The van der Waals surface area contributed by atoms with E-state index in [0.717, 1.165) is 54.1 Å². The van der Waals surface area contributed by atoms with Crippen LogP contribution in [0.1, 0.15) is 24.0 Å². The molecule has 2 saturated heterocycles. The summed E-state index contributed by atoms with van der Waals surface area (Å²) in [6.07, 6.45) is 3.81. The van der Waals surface area contributed by atoms with Gasteiger partial charge in [0.1, 0.15) is 11.5 Å². The summed E-state index contributed by atoms with van der Waals surface area (Å²) in [5.41, 5.74) is 3.50. The van der Waals surface area contributed by atoms with Gasteiger partial charge in [-0.2, -0.15) is 0 Å². The van der Waals surface area contributed by atoms with Crippen LogP contribution >= 0.6 is 0 Å². The van der Waals surface area contributed by atoms with Crippen molar-refractivity contribution in [2.45, 2.75) is 24.9 Å². The van der Waals surface area contributed by atoms with Gasteiger partial charge in [-0.1, -0.05) is 6.58 Å². The maximum atomic E-state index is 12.7. The second-order valence-electron chi connectivity index (χ2n) is 6.77. The third-order valence-corrected chi connectivity index (χ3v) is 5.40. The molecule has 0 radical (unpaired) electrons. The first-order chi connectivity index (χ1) is 12.1. The molecule has 3 aliphatic rings. The number of fused-ring (bicyclic) bond motifs is 3. The number of hydrogen-bond donors (Lipinski definition) is 2. The number of benzene rings is 1. The van der Waals surface area contributed by atoms with Gasteiger partial charge in [0.05, 0.1) is 26.3 Å². The van der Waals surface area contributed by atoms with Crippen LogP contribution < -0.4 is 20.1 Å². The quantitative estimate of drug-likeness (QED) is 0.866. The number of allylic oxidation sites excluding steroid dienone is 2. The van der Waals surface area contributed by atoms with Crippen molar-refractivity contribution >= 4 is 11.6 Å². The molecule has 4 rings (SSSR count). The Morgan fingerprint density at radius 1 is 1.20 bits per heavy atom. The van der Waals surface area contributed by atoms with Crippen LogP contribution in [0.25, 0.3) is 5.57 Å². The van der Waals surface area contributed by atoms with E-state index in [-0.39, 0.29) is 11.6 Å². The summed E-state index contributed by atoms with van der Waals surface area (Å²) < 4.78 is 11.0. The lowest BCUT2D eigenvalue weighted by Crippen LogP contribution is -2.50. The van der Waals surface area contributed by atoms with Crippen molar-refractivity contribution < 1.29 is 14.3 Å². The zero-order valence-corrected chi connectivity index (χ0v) is 14.6. The van der Waals surface area contributed by atoms with Gasteiger partial charge in [-0.05, 0) is 49.2 Å². The third-order valence-electron chi connectivity index (χ3n) is 5.40. The normalized spacial score (nSPS) is 21.2. The maximum Gasteiger partial charge on any atom is 0.322 e. The summed E-state index contributed by atoms with van der Waals surface area (Å²) in [5.74, 6) is 1.43. The molecule has 0 aromatic heterocycles. The van der Waals surface area contributed by atoms with Gasteiger partial charge in [0.2, 0.25) is 0 Å². The van der Waals surface area contributed by atoms with E-state index in [9.17, 15) is 4.79 Å². The summed E-state index contributed by atoms with van der Waals surface area (Å²) in [7, 11) is 3.27. The SMILES string of the molecule is C=C1C=C2N(Cc3cc(OC)cc(OC)c31)C(=O)NC21CCNCC1. The Morgan fingerprint density at radius 2 is 1.96 bits per heavy atom. The van der Waals surface area contributed by atoms with Crippen molar-refractivity contribution in [2.75, 3.05) is 27.3 Å². The minimum atomic E-state index is -0.301. The molecule has 0 aliphatic carbocycles. The van der Waals surface area contributed by atoms with Crippen molar-refractivity contribution in [3.8, 4) is 11.5 Å². The molecule has 0 saturated carbocycles. The fourth-order valence-electron chi connectivity index (χ4n) is 4.13. The van der Waals surface area contributed by atoms with E-state index in [1.165, 1.54) is 0 Å². The van der Waals surface area contributed by atoms with Gasteiger partial charge in [0.25, 0.3) is 0 Å². The van der Waals surface area contributed by atoms with E-state index in [1.54, 1.807) is 14.2 Å². The van der Waals surface area contributed by atoms with E-state index < -0.39 is 0 Å². The van der Waals surface area contributed by atoms with Gasteiger partial charge in [0, 0.05) is 17.3 Å². The van der Waals surface area contributed by atoms with Gasteiger partial charge in [-0.3, -0.25) is 4.90 Å². The number of piperidine rings is 1. The zero-order chi connectivity index (χ0) is 17.6. The van der Waals surface area contributed by atoms with Crippen LogP contribution in [0.4, 0.5) is 4.79 Å². The molecule has 3 heterocycles. The molecule has 6 nitrogen and oxygen atoms in total. The molecule has 0 bridgehead atoms. The Hall–Kier alpha value is -2.47. The molecule has 2 amide bonds. The fraction of sp³-hybridized carbons (Fsp3) is 0.421. The molecule has 1 spiro atoms. The van der Waals surface area contributed by atoms with Crippen molar-refractivity contribution in [2.24, 2.45) is 0 Å². The second-order valence-corrected chi connectivity index (χ2v) is 6.77. The first-order valence-corrected chi connectivity index (χ1v) is 8.55. The molecule has 6 heteroatoms. The summed E-state index contributed by atoms with van der Waals surface area (Å²) in [4.78, 5) is 14.6. The van der Waals surface area contributed by atoms with Crippen LogP contribution in [0, 0.1) is 0 Å². The standard InChI is InChI=1S/C19H23N3O3/c1-12-8-16-19(4-6-20-7-5-19)21-18(23)22(16)11-13-9-14(24-2)10-15(25-3)17(12)13/h8-10,20H,1,4-7,11H2,2-3H3,(H,21,23). The number of ether oxygens (including phenoxy) is 2. The van der Waals surface area contributed by atoms with Crippen molar-refractivity contribution in [3.05, 3.63) is 41.6 Å². The van der Waals surface area contributed by atoms with Crippen molar-refractivity contribution in [1.82, 2.24) is 15.5 Å². The molecule has 1 aromatic carbocycles. The minimum absolute atomic E-state index is 0.0458. The van der Waals surface area contributed by atoms with Crippen LogP contribution in [-0.2, 0) is 6.54 Å². The van der Waals surface area contributed by atoms with Crippen LogP contribution in [-0.4, -0.2) is 43.8 Å². The highest BCUT2D eigenvalue weighted by Crippen LogP contribution is 2.43. The van der Waals surface area contributed by atoms with E-state index >= 15 is 0 Å². The Balaban J connectivity index is 1.84. The lowest BCUT2D eigenvalue weighted by molar-refractivity contribution is 0.220. The number of hydrogen-bond acceptors (Lipinski definition) is 4. The average molecular weight is 341 g/mol. The number of carbonyl (C=O) groups excluding carboxylic acids is 1. The number of methoxy groups -OCH3 is 2. The summed E-state index contributed by atoms with van der Waals surface area (Å²) in [5, 5.41) is 6.59. The van der Waals surface area contributed by atoms with Crippen LogP contribution in [0.5, 0.6) is 11.5 Å². The zero-order valence-electron chi connectivity index (χ0n) is 14.6. The highest BCUT2D eigenvalue weighted by Gasteiger charge is 2.48. The molecule has 132 valence electrons. The smallest absolute Gasteiger partial charge is 0.322 e. The maximum absolute atomic E-state index is 12.7. The number of amides is 2. The Kier molecular flexibility index (Phi) is 3.72. The molecule has 0 unspecified atom stereocenters. The molecular weight excluding hydrogens is 318 g/mol. The summed E-state index contributed by atoms with van der Waals surface area (Å²) in [6, 6.07) is 3.77. The van der Waals surface area contributed by atoms with Crippen molar-refractivity contribution in [3.63, 3.8) is 0 Å². The highest BCUT2D eigenvalue weighted by molar-refractivity contribution is 5.88. The molecule has 0 atom stereocenters. The fourth-order valence-corrected chi connectivity index (χ4v) is 4.13. The summed E-state index contributed by atoms with van der Waals surface area (Å²) >= 11 is 0. The average Bonchev–Trinajstić information content (AvgIpc) is 2.77. The number of rotatable bonds is 2. The number of nitrogens with one attached hydrogen (secondary N) is 2. The largest absolute Gasteiger partial charge is 0.497 e. The first kappa shape index (κ1) is 16.0. The molecule has 25 heavy (non-hydrogen) atoms. The molecular formula is C19H23N3O3. The van der Waals surface area contributed by atoms with E-state index in [1.807, 2.05) is 23.1 Å². The lowest BCUT2D eigenvalue weighted by atomic mass is 9.85. The van der Waals surface area contributed by atoms with Gasteiger partial charge in [0.15, 0.2) is 0 Å². The summed E-state index contributed by atoms with van der Waals surface area (Å²) in [6.45, 7) is 6.53. The first-order valence-electron chi connectivity index (χ1n) is 8.55. The van der Waals surface area contributed by atoms with Gasteiger partial charge in [-0.25, -0.2) is 4.79 Å². The Bertz CT molecular complexity index is 778. The van der Waals surface area contributed by atoms with Crippen LogP contribution in [0.3, 0.4) is 0 Å². The third kappa shape index (κ3) is 2.40. The highest BCUT2D eigenvalue weighted by atomic mass is 16.5. The van der Waals surface area contributed by atoms with Crippen molar-refractivity contribution in [1.29, 1.82) is 0 Å². The molecule has 3 aliphatic heterocycles. The van der Waals surface area contributed by atoms with Crippen LogP contribution in [0.2, 0.25) is 0 Å². The monoisotopic (exact) mass is 341 g/mol. The topological polar surface area (TPSA) is 62.8 Å². The van der Waals surface area contributed by atoms with E-state index in [0.29, 0.717) is 12.3 Å². The Labute approximate surface area is 147 Å². The minimum Gasteiger partial charge on any atom is -0.497 e. The number of carbonyl (C=O) groups is 1. The van der Waals surface area contributed by atoms with E-state index in [4.69, 9.17) is 9.47 Å². The predicted molar refractivity (Wildman–Crippen MR) is 95.6 cm³/mol. The molecule has 2 N–H and O–H groups in total. The lowest BCUT2D eigenvalue weighted by Gasteiger charge is -2.34. The van der Waals surface area contributed by atoms with Crippen LogP contribution in [0.15, 0.2) is 30.5 Å². The van der Waals surface area contributed by atoms with Gasteiger partial charge < -0.3 is 20.1 Å². The van der Waals surface area contributed by atoms with Gasteiger partial charge >= 0.3 is 6.03 Å². The number of nitrogens with zero attached hydrogens (tertiary/aromatic N) is 1. The van der Waals surface area contributed by atoms with Gasteiger partial charge in [-0.15, -0.1) is 0 Å².